The molecule has 2 aromatic carbocycles. The van der Waals surface area contributed by atoms with E-state index in [9.17, 15) is 10.1 Å². The second-order valence-electron chi connectivity index (χ2n) is 6.14. The minimum Gasteiger partial charge on any atom is -0.340 e. The van der Waals surface area contributed by atoms with Crippen LogP contribution in [0.2, 0.25) is 10.0 Å². The van der Waals surface area contributed by atoms with Crippen LogP contribution in [0.5, 0.6) is 0 Å². The fourth-order valence-electron chi connectivity index (χ4n) is 3.09. The number of carbonyl (C=O) groups excluding carboxylic acids is 1. The smallest absolute Gasteiger partial charge is 0.266 e. The van der Waals surface area contributed by atoms with Crippen LogP contribution in [0.25, 0.3) is 17.0 Å². The maximum absolute atomic E-state index is 12.7. The number of hydrogen-bond donors (Lipinski definition) is 1. The van der Waals surface area contributed by atoms with E-state index in [2.05, 4.69) is 16.5 Å². The van der Waals surface area contributed by atoms with E-state index in [1.165, 1.54) is 0 Å². The summed E-state index contributed by atoms with van der Waals surface area (Å²) in [6, 6.07) is 14.8. The van der Waals surface area contributed by atoms with Crippen LogP contribution in [0.15, 0.2) is 60.7 Å². The summed E-state index contributed by atoms with van der Waals surface area (Å²) in [5, 5.41) is 13.7. The number of amides is 1. The summed E-state index contributed by atoms with van der Waals surface area (Å²) in [5.74, 6) is -0.549. The van der Waals surface area contributed by atoms with Crippen molar-refractivity contribution in [3.05, 3.63) is 82.0 Å². The zero-order valence-electron chi connectivity index (χ0n) is 15.2. The molecular formula is C22H17Cl2N3O. The monoisotopic (exact) mass is 409 g/mol. The minimum atomic E-state index is -0.549. The topological polar surface area (TPSA) is 57.8 Å². The van der Waals surface area contributed by atoms with Crippen LogP contribution >= 0.6 is 23.2 Å². The number of halogens is 2. The fourth-order valence-corrected chi connectivity index (χ4v) is 3.43. The first-order valence-electron chi connectivity index (χ1n) is 8.53. The van der Waals surface area contributed by atoms with Gasteiger partial charge in [-0.25, -0.2) is 0 Å². The quantitative estimate of drug-likeness (QED) is 0.319. The van der Waals surface area contributed by atoms with Gasteiger partial charge in [0.15, 0.2) is 0 Å². The van der Waals surface area contributed by atoms with Gasteiger partial charge >= 0.3 is 0 Å². The SMILES string of the molecule is C=CCn1c(C)c(C=C(C#N)C(=O)Nc2cccc(Cl)c2Cl)c2ccccc21. The first-order chi connectivity index (χ1) is 13.5. The Kier molecular flexibility index (Phi) is 5.89. The second kappa shape index (κ2) is 8.35. The molecule has 1 N–H and O–H groups in total. The molecule has 1 heterocycles. The van der Waals surface area contributed by atoms with Gasteiger partial charge in [0.05, 0.1) is 15.7 Å². The maximum atomic E-state index is 12.7. The molecule has 0 atom stereocenters. The van der Waals surface area contributed by atoms with E-state index in [0.29, 0.717) is 17.3 Å². The lowest BCUT2D eigenvalue weighted by Crippen LogP contribution is -2.13. The highest BCUT2D eigenvalue weighted by atomic mass is 35.5. The average Bonchev–Trinajstić information content (AvgIpc) is 2.95. The summed E-state index contributed by atoms with van der Waals surface area (Å²) < 4.78 is 2.09. The lowest BCUT2D eigenvalue weighted by molar-refractivity contribution is -0.112. The van der Waals surface area contributed by atoms with Gasteiger partial charge in [0, 0.05) is 28.7 Å². The van der Waals surface area contributed by atoms with Crippen LogP contribution in [0.4, 0.5) is 5.69 Å². The predicted molar refractivity (Wildman–Crippen MR) is 116 cm³/mol. The molecule has 0 aliphatic heterocycles. The van der Waals surface area contributed by atoms with Gasteiger partial charge in [-0.3, -0.25) is 4.79 Å². The summed E-state index contributed by atoms with van der Waals surface area (Å²) in [6.07, 6.45) is 3.41. The van der Waals surface area contributed by atoms with Crippen molar-refractivity contribution in [2.24, 2.45) is 0 Å². The molecule has 1 amide bonds. The van der Waals surface area contributed by atoms with Crippen molar-refractivity contribution in [3.63, 3.8) is 0 Å². The van der Waals surface area contributed by atoms with Crippen molar-refractivity contribution in [2.45, 2.75) is 13.5 Å². The number of anilines is 1. The number of benzene rings is 2. The molecule has 0 aliphatic rings. The summed E-state index contributed by atoms with van der Waals surface area (Å²) in [7, 11) is 0. The zero-order valence-corrected chi connectivity index (χ0v) is 16.7. The molecule has 1 aromatic heterocycles. The molecule has 0 spiro atoms. The highest BCUT2D eigenvalue weighted by molar-refractivity contribution is 6.44. The molecule has 6 heteroatoms. The summed E-state index contributed by atoms with van der Waals surface area (Å²) in [6.45, 7) is 6.39. The average molecular weight is 410 g/mol. The zero-order chi connectivity index (χ0) is 20.3. The third-order valence-electron chi connectivity index (χ3n) is 4.44. The van der Waals surface area contributed by atoms with Crippen molar-refractivity contribution in [3.8, 4) is 6.07 Å². The standard InChI is InChI=1S/C22H17Cl2N3O/c1-3-11-27-14(2)17(16-7-4-5-10-20(16)27)12-15(13-25)22(28)26-19-9-6-8-18(23)21(19)24/h3-10,12H,1,11H2,2H3,(H,26,28). The van der Waals surface area contributed by atoms with Crippen molar-refractivity contribution >= 4 is 51.8 Å². The van der Waals surface area contributed by atoms with Crippen LogP contribution in [0.1, 0.15) is 11.3 Å². The largest absolute Gasteiger partial charge is 0.340 e. The van der Waals surface area contributed by atoms with E-state index in [1.54, 1.807) is 24.3 Å². The molecule has 0 saturated carbocycles. The molecule has 140 valence electrons. The Morgan fingerprint density at radius 3 is 2.71 bits per heavy atom. The third kappa shape index (κ3) is 3.68. The number of para-hydroxylation sites is 1. The molecular weight excluding hydrogens is 393 g/mol. The number of fused-ring (bicyclic) bond motifs is 1. The predicted octanol–water partition coefficient (Wildman–Crippen LogP) is 5.99. The van der Waals surface area contributed by atoms with E-state index in [-0.39, 0.29) is 10.6 Å². The van der Waals surface area contributed by atoms with Crippen molar-refractivity contribution in [1.29, 1.82) is 5.26 Å². The maximum Gasteiger partial charge on any atom is 0.266 e. The van der Waals surface area contributed by atoms with Crippen LogP contribution < -0.4 is 5.32 Å². The Labute approximate surface area is 173 Å². The lowest BCUT2D eigenvalue weighted by Gasteiger charge is -2.08. The number of carbonyl (C=O) groups is 1. The van der Waals surface area contributed by atoms with E-state index in [4.69, 9.17) is 23.2 Å². The van der Waals surface area contributed by atoms with Crippen LogP contribution in [-0.4, -0.2) is 10.5 Å². The van der Waals surface area contributed by atoms with Gasteiger partial charge in [0.1, 0.15) is 11.6 Å². The minimum absolute atomic E-state index is 0.0272. The molecule has 28 heavy (non-hydrogen) atoms. The van der Waals surface area contributed by atoms with Gasteiger partial charge in [0.25, 0.3) is 5.91 Å². The first kappa shape index (κ1) is 19.8. The number of nitrogens with zero attached hydrogens (tertiary/aromatic N) is 2. The van der Waals surface area contributed by atoms with E-state index in [0.717, 1.165) is 22.2 Å². The van der Waals surface area contributed by atoms with E-state index >= 15 is 0 Å². The normalized spacial score (nSPS) is 11.3. The van der Waals surface area contributed by atoms with Crippen LogP contribution in [0.3, 0.4) is 0 Å². The second-order valence-corrected chi connectivity index (χ2v) is 6.93. The Hall–Kier alpha value is -3.00. The lowest BCUT2D eigenvalue weighted by atomic mass is 10.1. The summed E-state index contributed by atoms with van der Waals surface area (Å²) >= 11 is 12.1. The molecule has 0 saturated heterocycles. The molecule has 0 aliphatic carbocycles. The van der Waals surface area contributed by atoms with Gasteiger partial charge in [-0.15, -0.1) is 6.58 Å². The van der Waals surface area contributed by atoms with Crippen molar-refractivity contribution in [2.75, 3.05) is 5.32 Å². The van der Waals surface area contributed by atoms with E-state index < -0.39 is 5.91 Å². The number of nitrogens with one attached hydrogen (secondary N) is 1. The molecule has 4 nitrogen and oxygen atoms in total. The molecule has 0 bridgehead atoms. The Balaban J connectivity index is 2.05. The number of rotatable bonds is 5. The summed E-state index contributed by atoms with van der Waals surface area (Å²) in [4.78, 5) is 12.7. The van der Waals surface area contributed by atoms with E-state index in [1.807, 2.05) is 43.3 Å². The Bertz CT molecular complexity index is 1150. The molecule has 0 unspecified atom stereocenters. The van der Waals surface area contributed by atoms with Gasteiger partial charge in [-0.05, 0) is 31.2 Å². The number of nitriles is 1. The number of hydrogen-bond acceptors (Lipinski definition) is 2. The van der Waals surface area contributed by atoms with Gasteiger partial charge in [-0.1, -0.05) is 53.5 Å². The van der Waals surface area contributed by atoms with Crippen molar-refractivity contribution in [1.82, 2.24) is 4.57 Å². The van der Waals surface area contributed by atoms with Gasteiger partial charge in [0.2, 0.25) is 0 Å². The molecule has 0 radical (unpaired) electrons. The van der Waals surface area contributed by atoms with Crippen LogP contribution in [0, 0.1) is 18.3 Å². The van der Waals surface area contributed by atoms with Crippen LogP contribution in [-0.2, 0) is 11.3 Å². The third-order valence-corrected chi connectivity index (χ3v) is 5.26. The fraction of sp³-hybridized carbons (Fsp3) is 0.0909. The van der Waals surface area contributed by atoms with Gasteiger partial charge < -0.3 is 9.88 Å². The van der Waals surface area contributed by atoms with Crippen molar-refractivity contribution < 1.29 is 4.79 Å². The Morgan fingerprint density at radius 2 is 2.00 bits per heavy atom. The molecule has 3 rings (SSSR count). The number of aromatic nitrogens is 1. The first-order valence-corrected chi connectivity index (χ1v) is 9.29. The molecule has 0 fully saturated rings. The number of allylic oxidation sites excluding steroid dienone is 1. The highest BCUT2D eigenvalue weighted by Gasteiger charge is 2.16. The Morgan fingerprint density at radius 1 is 1.25 bits per heavy atom. The highest BCUT2D eigenvalue weighted by Crippen LogP contribution is 2.31. The van der Waals surface area contributed by atoms with Gasteiger partial charge in [-0.2, -0.15) is 5.26 Å². The molecule has 3 aromatic rings. The summed E-state index contributed by atoms with van der Waals surface area (Å²) in [5.41, 5.74) is 3.11.